The van der Waals surface area contributed by atoms with Crippen LogP contribution in [-0.2, 0) is 0 Å². The Morgan fingerprint density at radius 3 is 1.50 bits per heavy atom. The zero-order valence-electron chi connectivity index (χ0n) is 7.76. The molecule has 0 saturated carbocycles. The molecule has 60 valence electrons. The van der Waals surface area contributed by atoms with Crippen molar-refractivity contribution in [3.05, 3.63) is 11.9 Å². The fourth-order valence-corrected chi connectivity index (χ4v) is 3.34. The van der Waals surface area contributed by atoms with Crippen molar-refractivity contribution in [2.24, 2.45) is 0 Å². The van der Waals surface area contributed by atoms with Crippen LogP contribution in [0.1, 0.15) is 34.6 Å². The first-order valence-corrected chi connectivity index (χ1v) is 5.54. The number of rotatable bonds is 3. The molecule has 0 N–H and O–H groups in total. The van der Waals surface area contributed by atoms with Gasteiger partial charge in [0.05, 0.1) is 0 Å². The van der Waals surface area contributed by atoms with Crippen LogP contribution in [0.5, 0.6) is 0 Å². The molecule has 0 amide bonds. The summed E-state index contributed by atoms with van der Waals surface area (Å²) in [7, 11) is 0.141. The van der Waals surface area contributed by atoms with E-state index in [4.69, 9.17) is 0 Å². The Balaban J connectivity index is 3.98. The maximum Gasteiger partial charge on any atom is -0.0229 e. The van der Waals surface area contributed by atoms with E-state index in [-0.39, 0.29) is 7.92 Å². The second-order valence-corrected chi connectivity index (χ2v) is 6.38. The van der Waals surface area contributed by atoms with E-state index in [2.05, 4.69) is 46.5 Å². The lowest BCUT2D eigenvalue weighted by molar-refractivity contribution is 1.02. The van der Waals surface area contributed by atoms with Gasteiger partial charge in [-0.25, -0.2) is 0 Å². The van der Waals surface area contributed by atoms with Gasteiger partial charge in [0.25, 0.3) is 0 Å². The van der Waals surface area contributed by atoms with E-state index in [0.29, 0.717) is 0 Å². The normalized spacial score (nSPS) is 12.8. The highest BCUT2D eigenvalue weighted by Gasteiger charge is 2.11. The van der Waals surface area contributed by atoms with Crippen molar-refractivity contribution in [3.8, 4) is 0 Å². The van der Waals surface area contributed by atoms with Crippen LogP contribution in [0.3, 0.4) is 0 Å². The smallest absolute Gasteiger partial charge is 0.0229 e. The maximum absolute atomic E-state index is 2.38. The molecule has 0 aliphatic carbocycles. The highest BCUT2D eigenvalue weighted by molar-refractivity contribution is 7.62. The monoisotopic (exact) mass is 158 g/mol. The quantitative estimate of drug-likeness (QED) is 0.548. The lowest BCUT2D eigenvalue weighted by Gasteiger charge is -2.21. The Morgan fingerprint density at radius 1 is 1.00 bits per heavy atom. The number of allylic oxidation sites excluding steroid dienone is 1. The molecule has 0 bridgehead atoms. The van der Waals surface area contributed by atoms with Crippen molar-refractivity contribution in [3.63, 3.8) is 0 Å². The number of hydrogen-bond donors (Lipinski definition) is 0. The minimum absolute atomic E-state index is 0.141. The van der Waals surface area contributed by atoms with E-state index in [0.717, 1.165) is 11.3 Å². The van der Waals surface area contributed by atoms with Crippen molar-refractivity contribution < 1.29 is 0 Å². The molecule has 1 heteroatoms. The second kappa shape index (κ2) is 4.91. The first-order valence-electron chi connectivity index (χ1n) is 3.99. The largest absolute Gasteiger partial charge is 0.0872 e. The third-order valence-corrected chi connectivity index (χ3v) is 4.54. The van der Waals surface area contributed by atoms with Gasteiger partial charge in [-0.1, -0.05) is 47.5 Å². The Kier molecular flexibility index (Phi) is 4.99. The molecule has 0 unspecified atom stereocenters. The summed E-state index contributed by atoms with van der Waals surface area (Å²) in [5.74, 6) is 2.38. The van der Waals surface area contributed by atoms with Crippen molar-refractivity contribution in [2.75, 3.05) is 0 Å². The van der Waals surface area contributed by atoms with Gasteiger partial charge in [0.1, 0.15) is 0 Å². The number of hydrogen-bond acceptors (Lipinski definition) is 0. The third kappa shape index (κ3) is 3.37. The molecular weight excluding hydrogens is 139 g/mol. The zero-order valence-corrected chi connectivity index (χ0v) is 8.65. The SMILES string of the molecule is C/C=C/P(C(C)C)C(C)C. The predicted octanol–water partition coefficient (Wildman–Crippen LogP) is 3.82. The molecule has 0 heterocycles. The third-order valence-electron chi connectivity index (χ3n) is 1.51. The van der Waals surface area contributed by atoms with Crippen LogP contribution in [0.2, 0.25) is 0 Å². The minimum atomic E-state index is 0.141. The molecule has 0 aromatic carbocycles. The van der Waals surface area contributed by atoms with Crippen LogP contribution in [0.4, 0.5) is 0 Å². The average Bonchev–Trinajstić information content (AvgIpc) is 1.81. The summed E-state index contributed by atoms with van der Waals surface area (Å²) in [6.07, 6.45) is 2.19. The summed E-state index contributed by atoms with van der Waals surface area (Å²) < 4.78 is 0. The van der Waals surface area contributed by atoms with E-state index in [9.17, 15) is 0 Å². The van der Waals surface area contributed by atoms with Gasteiger partial charge in [0.15, 0.2) is 0 Å². The topological polar surface area (TPSA) is 0 Å². The fourth-order valence-electron chi connectivity index (χ4n) is 1.11. The fraction of sp³-hybridized carbons (Fsp3) is 0.778. The first-order chi connectivity index (χ1) is 4.59. The molecule has 10 heavy (non-hydrogen) atoms. The highest BCUT2D eigenvalue weighted by atomic mass is 31.1. The summed E-state index contributed by atoms with van der Waals surface area (Å²) in [6, 6.07) is 0. The standard InChI is InChI=1S/C9H19P/c1-6-7-10(8(2)3)9(4)5/h6-9H,1-5H3/b7-6+. The summed E-state index contributed by atoms with van der Waals surface area (Å²) in [4.78, 5) is 0. The van der Waals surface area contributed by atoms with Gasteiger partial charge in [0.2, 0.25) is 0 Å². The van der Waals surface area contributed by atoms with Gasteiger partial charge >= 0.3 is 0 Å². The van der Waals surface area contributed by atoms with Crippen molar-refractivity contribution in [2.45, 2.75) is 45.9 Å². The van der Waals surface area contributed by atoms with Gasteiger partial charge in [-0.2, -0.15) is 0 Å². The molecule has 0 spiro atoms. The van der Waals surface area contributed by atoms with Crippen LogP contribution < -0.4 is 0 Å². The van der Waals surface area contributed by atoms with Crippen LogP contribution in [-0.4, -0.2) is 11.3 Å². The highest BCUT2D eigenvalue weighted by Crippen LogP contribution is 2.46. The van der Waals surface area contributed by atoms with Crippen molar-refractivity contribution in [1.29, 1.82) is 0 Å². The van der Waals surface area contributed by atoms with Gasteiger partial charge in [-0.05, 0) is 18.2 Å². The summed E-state index contributed by atoms with van der Waals surface area (Å²) in [5, 5.41) is 0. The Labute approximate surface area is 66.5 Å². The van der Waals surface area contributed by atoms with Crippen molar-refractivity contribution >= 4 is 7.92 Å². The molecule has 0 aliphatic heterocycles. The van der Waals surface area contributed by atoms with Crippen LogP contribution in [0.15, 0.2) is 11.9 Å². The molecule has 0 saturated heterocycles. The molecule has 0 aromatic rings. The van der Waals surface area contributed by atoms with E-state index in [1.54, 1.807) is 0 Å². The molecule has 0 aromatic heterocycles. The first kappa shape index (κ1) is 10.2. The molecule has 0 rings (SSSR count). The minimum Gasteiger partial charge on any atom is -0.0872 e. The molecule has 0 fully saturated rings. The van der Waals surface area contributed by atoms with Crippen molar-refractivity contribution in [1.82, 2.24) is 0 Å². The second-order valence-electron chi connectivity index (χ2n) is 3.12. The molecule has 0 nitrogen and oxygen atoms in total. The zero-order chi connectivity index (χ0) is 8.15. The van der Waals surface area contributed by atoms with Gasteiger partial charge in [0, 0.05) is 0 Å². The van der Waals surface area contributed by atoms with Crippen LogP contribution in [0.25, 0.3) is 0 Å². The molecule has 0 aliphatic rings. The van der Waals surface area contributed by atoms with E-state index in [1.165, 1.54) is 0 Å². The Morgan fingerprint density at radius 2 is 1.40 bits per heavy atom. The molecule has 0 radical (unpaired) electrons. The maximum atomic E-state index is 2.38. The van der Waals surface area contributed by atoms with Gasteiger partial charge in [-0.15, -0.1) is 0 Å². The lowest BCUT2D eigenvalue weighted by atomic mass is 10.5. The molecule has 0 atom stereocenters. The predicted molar refractivity (Wildman–Crippen MR) is 52.0 cm³/mol. The molecular formula is C9H19P. The van der Waals surface area contributed by atoms with Crippen LogP contribution >= 0.6 is 7.92 Å². The van der Waals surface area contributed by atoms with Gasteiger partial charge < -0.3 is 0 Å². The summed E-state index contributed by atoms with van der Waals surface area (Å²) >= 11 is 0. The lowest BCUT2D eigenvalue weighted by Crippen LogP contribution is -2.00. The summed E-state index contributed by atoms with van der Waals surface area (Å²) in [5.41, 5.74) is 1.68. The Bertz CT molecular complexity index is 95.3. The van der Waals surface area contributed by atoms with Crippen LogP contribution in [0, 0.1) is 0 Å². The van der Waals surface area contributed by atoms with E-state index in [1.807, 2.05) is 0 Å². The van der Waals surface area contributed by atoms with E-state index >= 15 is 0 Å². The van der Waals surface area contributed by atoms with Gasteiger partial charge in [-0.3, -0.25) is 0 Å². The average molecular weight is 158 g/mol. The van der Waals surface area contributed by atoms with E-state index < -0.39 is 0 Å². The summed E-state index contributed by atoms with van der Waals surface area (Å²) in [6.45, 7) is 11.4. The Hall–Kier alpha value is 0.170.